The van der Waals surface area contributed by atoms with Gasteiger partial charge in [-0.3, -0.25) is 14.4 Å². The molecule has 3 N–H and O–H groups in total. The molecule has 31 heavy (non-hydrogen) atoms. The van der Waals surface area contributed by atoms with Crippen molar-refractivity contribution in [2.75, 3.05) is 4.90 Å². The second-order valence-electron chi connectivity index (χ2n) is 6.89. The van der Waals surface area contributed by atoms with Crippen molar-refractivity contribution in [2.45, 2.75) is 6.04 Å². The highest BCUT2D eigenvalue weighted by Gasteiger charge is 2.41. The van der Waals surface area contributed by atoms with Crippen molar-refractivity contribution in [2.24, 2.45) is 5.73 Å². The van der Waals surface area contributed by atoms with Gasteiger partial charge in [0.05, 0.1) is 5.69 Å². The molecule has 0 radical (unpaired) electrons. The number of nitrogens with one attached hydrogen (secondary N) is 1. The lowest BCUT2D eigenvalue weighted by atomic mass is 9.98. The monoisotopic (exact) mass is 433 g/mol. The van der Waals surface area contributed by atoms with Crippen molar-refractivity contribution in [1.29, 1.82) is 0 Å². The Morgan fingerprint density at radius 3 is 2.16 bits per heavy atom. The number of primary amides is 1. The molecule has 0 aromatic heterocycles. The Hall–Kier alpha value is -3.97. The third-order valence-electron chi connectivity index (χ3n) is 4.95. The molecule has 1 atom stereocenters. The summed E-state index contributed by atoms with van der Waals surface area (Å²) in [6.45, 7) is 0. The number of urea groups is 1. The maximum absolute atomic E-state index is 12.9. The van der Waals surface area contributed by atoms with E-state index in [1.807, 2.05) is 0 Å². The second-order valence-corrected chi connectivity index (χ2v) is 7.33. The van der Waals surface area contributed by atoms with Gasteiger partial charge in [0.1, 0.15) is 6.04 Å². The van der Waals surface area contributed by atoms with Gasteiger partial charge in [0, 0.05) is 27.3 Å². The number of hydrogen-bond acceptors (Lipinski definition) is 4. The topological polar surface area (TPSA) is 110 Å². The maximum atomic E-state index is 12.9. The van der Waals surface area contributed by atoms with Gasteiger partial charge in [0.25, 0.3) is 11.8 Å². The van der Waals surface area contributed by atoms with Gasteiger partial charge in [-0.25, -0.2) is 9.69 Å². The minimum absolute atomic E-state index is 0.225. The first-order valence-electron chi connectivity index (χ1n) is 9.30. The van der Waals surface area contributed by atoms with E-state index in [2.05, 4.69) is 5.32 Å². The summed E-state index contributed by atoms with van der Waals surface area (Å²) in [6.07, 6.45) is 0. The molecular formula is C23H16ClN3O4. The molecule has 0 spiro atoms. The first-order valence-corrected chi connectivity index (χ1v) is 9.68. The Kier molecular flexibility index (Phi) is 5.27. The second kappa shape index (κ2) is 8.04. The SMILES string of the molecule is NC(=O)N1C(=O)C(NC(=O)c2ccc(Cl)cc2)c2cc(C(=O)c3ccccc3)ccc21. The fourth-order valence-electron chi connectivity index (χ4n) is 3.45. The van der Waals surface area contributed by atoms with E-state index < -0.39 is 23.9 Å². The minimum Gasteiger partial charge on any atom is -0.351 e. The highest BCUT2D eigenvalue weighted by molar-refractivity contribution is 6.30. The van der Waals surface area contributed by atoms with Crippen molar-refractivity contribution in [1.82, 2.24) is 5.32 Å². The van der Waals surface area contributed by atoms with Crippen LogP contribution in [0.1, 0.15) is 37.9 Å². The van der Waals surface area contributed by atoms with E-state index in [1.54, 1.807) is 42.5 Å². The number of halogens is 1. The molecule has 0 saturated heterocycles. The Bertz CT molecular complexity index is 1210. The number of carbonyl (C=O) groups excluding carboxylic acids is 4. The van der Waals surface area contributed by atoms with Gasteiger partial charge >= 0.3 is 6.03 Å². The number of hydrogen-bond donors (Lipinski definition) is 2. The van der Waals surface area contributed by atoms with Gasteiger partial charge in [-0.2, -0.15) is 0 Å². The predicted octanol–water partition coefficient (Wildman–Crippen LogP) is 3.47. The van der Waals surface area contributed by atoms with Crippen LogP contribution in [-0.2, 0) is 4.79 Å². The highest BCUT2D eigenvalue weighted by Crippen LogP contribution is 2.37. The third-order valence-corrected chi connectivity index (χ3v) is 5.20. The largest absolute Gasteiger partial charge is 0.351 e. The van der Waals surface area contributed by atoms with E-state index >= 15 is 0 Å². The molecule has 8 heteroatoms. The summed E-state index contributed by atoms with van der Waals surface area (Å²) < 4.78 is 0. The molecule has 3 aromatic carbocycles. The molecule has 0 saturated carbocycles. The molecule has 1 aliphatic heterocycles. The molecule has 1 heterocycles. The summed E-state index contributed by atoms with van der Waals surface area (Å²) in [5.74, 6) is -1.49. The normalized spacial score (nSPS) is 14.8. The van der Waals surface area contributed by atoms with E-state index in [9.17, 15) is 19.2 Å². The molecule has 154 valence electrons. The van der Waals surface area contributed by atoms with E-state index in [1.165, 1.54) is 30.3 Å². The first kappa shape index (κ1) is 20.3. The van der Waals surface area contributed by atoms with Crippen molar-refractivity contribution in [3.8, 4) is 0 Å². The third kappa shape index (κ3) is 3.78. The number of carbonyl (C=O) groups is 4. The lowest BCUT2D eigenvalue weighted by molar-refractivity contribution is -0.119. The molecule has 1 aliphatic rings. The van der Waals surface area contributed by atoms with Crippen LogP contribution in [0.5, 0.6) is 0 Å². The van der Waals surface area contributed by atoms with E-state index in [-0.39, 0.29) is 17.0 Å². The summed E-state index contributed by atoms with van der Waals surface area (Å²) in [4.78, 5) is 51.1. The van der Waals surface area contributed by atoms with Crippen LogP contribution in [0.4, 0.5) is 10.5 Å². The van der Waals surface area contributed by atoms with E-state index in [4.69, 9.17) is 17.3 Å². The summed E-state index contributed by atoms with van der Waals surface area (Å²) in [5.41, 5.74) is 7.00. The molecule has 3 aromatic rings. The zero-order chi connectivity index (χ0) is 22.1. The van der Waals surface area contributed by atoms with Gasteiger partial charge in [-0.15, -0.1) is 0 Å². The maximum Gasteiger partial charge on any atom is 0.326 e. The van der Waals surface area contributed by atoms with Crippen LogP contribution in [0, 0.1) is 0 Å². The summed E-state index contributed by atoms with van der Waals surface area (Å²) >= 11 is 5.85. The fraction of sp³-hybridized carbons (Fsp3) is 0.0435. The lowest BCUT2D eigenvalue weighted by Crippen LogP contribution is -2.42. The van der Waals surface area contributed by atoms with Crippen LogP contribution >= 0.6 is 11.6 Å². The number of rotatable bonds is 4. The van der Waals surface area contributed by atoms with Crippen LogP contribution < -0.4 is 16.0 Å². The van der Waals surface area contributed by atoms with Crippen molar-refractivity contribution in [3.63, 3.8) is 0 Å². The quantitative estimate of drug-likeness (QED) is 0.614. The summed E-state index contributed by atoms with van der Waals surface area (Å²) in [7, 11) is 0. The molecule has 7 nitrogen and oxygen atoms in total. The fourth-order valence-corrected chi connectivity index (χ4v) is 3.58. The van der Waals surface area contributed by atoms with Crippen LogP contribution in [0.3, 0.4) is 0 Å². The number of imide groups is 1. The van der Waals surface area contributed by atoms with Crippen LogP contribution in [0.25, 0.3) is 0 Å². The average molecular weight is 434 g/mol. The van der Waals surface area contributed by atoms with Gasteiger partial charge in [-0.05, 0) is 42.5 Å². The number of benzene rings is 3. The average Bonchev–Trinajstić information content (AvgIpc) is 3.05. The van der Waals surface area contributed by atoms with Crippen molar-refractivity contribution < 1.29 is 19.2 Å². The number of anilines is 1. The Morgan fingerprint density at radius 1 is 0.871 bits per heavy atom. The van der Waals surface area contributed by atoms with Crippen molar-refractivity contribution >= 4 is 40.9 Å². The molecule has 0 bridgehead atoms. The van der Waals surface area contributed by atoms with Gasteiger partial charge in [0.2, 0.25) is 0 Å². The van der Waals surface area contributed by atoms with Crippen LogP contribution in [-0.4, -0.2) is 23.6 Å². The van der Waals surface area contributed by atoms with Crippen LogP contribution in [0.15, 0.2) is 72.8 Å². The predicted molar refractivity (Wildman–Crippen MR) is 115 cm³/mol. The Balaban J connectivity index is 1.71. The smallest absolute Gasteiger partial charge is 0.326 e. The zero-order valence-electron chi connectivity index (χ0n) is 16.0. The zero-order valence-corrected chi connectivity index (χ0v) is 16.8. The Labute approximate surface area is 182 Å². The van der Waals surface area contributed by atoms with E-state index in [0.29, 0.717) is 21.7 Å². The summed E-state index contributed by atoms with van der Waals surface area (Å²) in [5, 5.41) is 3.08. The standard InChI is InChI=1S/C23H16ClN3O4/c24-16-9-6-14(7-10-16)21(29)26-19-17-12-15(20(28)13-4-2-1-3-5-13)8-11-18(17)27(22(19)30)23(25)31/h1-12,19H,(H2,25,31)(H,26,29). The minimum atomic E-state index is -1.17. The van der Waals surface area contributed by atoms with Gasteiger partial charge in [-0.1, -0.05) is 41.9 Å². The number of nitrogens with two attached hydrogens (primary N) is 1. The van der Waals surface area contributed by atoms with Gasteiger partial charge < -0.3 is 11.1 Å². The summed E-state index contributed by atoms with van der Waals surface area (Å²) in [6, 6.07) is 17.1. The van der Waals surface area contributed by atoms with Crippen LogP contribution in [0.2, 0.25) is 5.02 Å². The van der Waals surface area contributed by atoms with Crippen molar-refractivity contribution in [3.05, 3.63) is 100 Å². The highest BCUT2D eigenvalue weighted by atomic mass is 35.5. The number of amides is 4. The van der Waals surface area contributed by atoms with Gasteiger partial charge in [0.15, 0.2) is 5.78 Å². The van der Waals surface area contributed by atoms with E-state index in [0.717, 1.165) is 4.90 Å². The molecule has 4 amide bonds. The number of nitrogens with zero attached hydrogens (tertiary/aromatic N) is 1. The molecule has 1 unspecified atom stereocenters. The molecule has 4 rings (SSSR count). The Morgan fingerprint density at radius 2 is 1.52 bits per heavy atom. The molecular weight excluding hydrogens is 418 g/mol. The lowest BCUT2D eigenvalue weighted by Gasteiger charge is -2.14. The number of ketones is 1. The molecule has 0 aliphatic carbocycles. The first-order chi connectivity index (χ1) is 14.9. The number of fused-ring (bicyclic) bond motifs is 1. The molecule has 0 fully saturated rings.